The molecule has 88 valence electrons. The fraction of sp³-hybridized carbons (Fsp3) is 0.467. The number of aliphatic hydroxyl groups excluding tert-OH is 1. The molecule has 0 aliphatic rings. The molecule has 0 heterocycles. The van der Waals surface area contributed by atoms with E-state index < -0.39 is 0 Å². The predicted octanol–water partition coefficient (Wildman–Crippen LogP) is 4.50. The van der Waals surface area contributed by atoms with Crippen molar-refractivity contribution in [3.05, 3.63) is 40.6 Å². The molecule has 0 radical (unpaired) electrons. The van der Waals surface area contributed by atoms with Crippen LogP contribution in [0.1, 0.15) is 44.4 Å². The Bertz CT molecular complexity index is 390. The molecule has 16 heavy (non-hydrogen) atoms. The van der Waals surface area contributed by atoms with Gasteiger partial charge in [0.25, 0.3) is 0 Å². The van der Waals surface area contributed by atoms with Crippen molar-refractivity contribution in [3.8, 4) is 0 Å². The van der Waals surface area contributed by atoms with E-state index in [9.17, 15) is 5.11 Å². The Balaban J connectivity index is 3.18. The number of allylic oxidation sites excluding steroid dienone is 1. The fourth-order valence-corrected chi connectivity index (χ4v) is 1.88. The molecular weight excluding hydrogens is 196 g/mol. The van der Waals surface area contributed by atoms with E-state index in [2.05, 4.69) is 45.9 Å². The van der Waals surface area contributed by atoms with E-state index in [1.165, 1.54) is 11.1 Å². The third-order valence-electron chi connectivity index (χ3n) is 2.49. The van der Waals surface area contributed by atoms with Crippen LogP contribution in [-0.4, -0.2) is 5.11 Å². The zero-order valence-corrected chi connectivity index (χ0v) is 11.0. The number of benzene rings is 1. The lowest BCUT2D eigenvalue weighted by molar-refractivity contribution is 0.409. The highest BCUT2D eigenvalue weighted by atomic mass is 16.3. The molecule has 1 N–H and O–H groups in total. The van der Waals surface area contributed by atoms with Crippen molar-refractivity contribution in [1.82, 2.24) is 0 Å². The molecule has 1 heteroatoms. The molecule has 0 fully saturated rings. The summed E-state index contributed by atoms with van der Waals surface area (Å²) in [5.74, 6) is 0.365. The molecular formula is C15H22O. The highest BCUT2D eigenvalue weighted by Crippen LogP contribution is 2.26. The molecule has 0 aliphatic heterocycles. The third kappa shape index (κ3) is 3.73. The summed E-state index contributed by atoms with van der Waals surface area (Å²) in [6, 6.07) is 6.31. The van der Waals surface area contributed by atoms with Gasteiger partial charge < -0.3 is 5.11 Å². The largest absolute Gasteiger partial charge is 0.513 e. The lowest BCUT2D eigenvalue weighted by Crippen LogP contribution is -2.10. The Morgan fingerprint density at radius 2 is 1.94 bits per heavy atom. The van der Waals surface area contributed by atoms with Gasteiger partial charge >= 0.3 is 0 Å². The second-order valence-electron chi connectivity index (χ2n) is 5.67. The quantitative estimate of drug-likeness (QED) is 0.724. The molecule has 1 rings (SSSR count). The standard InChI is InChI=1S/C15H22O/c1-11-7-6-8-13(10-15(3,4)5)14(11)9-12(2)16/h6-9,16H,10H2,1-5H3/b12-9+. The van der Waals surface area contributed by atoms with Crippen LogP contribution in [0.15, 0.2) is 24.0 Å². The van der Waals surface area contributed by atoms with Crippen LogP contribution in [-0.2, 0) is 6.42 Å². The van der Waals surface area contributed by atoms with Gasteiger partial charge in [-0.25, -0.2) is 0 Å². The molecule has 0 aliphatic carbocycles. The molecule has 0 unspecified atom stereocenters. The van der Waals surface area contributed by atoms with Crippen LogP contribution in [0.4, 0.5) is 0 Å². The van der Waals surface area contributed by atoms with E-state index in [0.717, 1.165) is 12.0 Å². The van der Waals surface area contributed by atoms with Crippen molar-refractivity contribution in [2.75, 3.05) is 0 Å². The van der Waals surface area contributed by atoms with Gasteiger partial charge in [-0.15, -0.1) is 0 Å². The van der Waals surface area contributed by atoms with Gasteiger partial charge in [0.15, 0.2) is 0 Å². The number of rotatable bonds is 2. The molecule has 0 amide bonds. The monoisotopic (exact) mass is 218 g/mol. The summed E-state index contributed by atoms with van der Waals surface area (Å²) >= 11 is 0. The maximum absolute atomic E-state index is 9.41. The second kappa shape index (κ2) is 4.73. The maximum atomic E-state index is 9.41. The molecule has 0 aromatic heterocycles. The number of hydrogen-bond acceptors (Lipinski definition) is 1. The van der Waals surface area contributed by atoms with Crippen LogP contribution in [0.5, 0.6) is 0 Å². The summed E-state index contributed by atoms with van der Waals surface area (Å²) in [7, 11) is 0. The van der Waals surface area contributed by atoms with E-state index in [1.54, 1.807) is 6.92 Å². The van der Waals surface area contributed by atoms with Gasteiger partial charge in [-0.1, -0.05) is 39.0 Å². The maximum Gasteiger partial charge on any atom is 0.0897 e. The van der Waals surface area contributed by atoms with Crippen LogP contribution in [0, 0.1) is 12.3 Å². The zero-order chi connectivity index (χ0) is 12.3. The number of hydrogen-bond donors (Lipinski definition) is 1. The summed E-state index contributed by atoms with van der Waals surface area (Å²) in [6.07, 6.45) is 2.88. The third-order valence-corrected chi connectivity index (χ3v) is 2.49. The fourth-order valence-electron chi connectivity index (χ4n) is 1.88. The van der Waals surface area contributed by atoms with E-state index in [0.29, 0.717) is 5.76 Å². The predicted molar refractivity (Wildman–Crippen MR) is 70.6 cm³/mol. The molecule has 1 nitrogen and oxygen atoms in total. The van der Waals surface area contributed by atoms with E-state index in [1.807, 2.05) is 6.08 Å². The highest BCUT2D eigenvalue weighted by molar-refractivity contribution is 5.59. The average Bonchev–Trinajstić information content (AvgIpc) is 2.08. The Labute approximate surface area is 98.8 Å². The van der Waals surface area contributed by atoms with Gasteiger partial charge in [-0.2, -0.15) is 0 Å². The number of aliphatic hydroxyl groups is 1. The number of aryl methyl sites for hydroxylation is 1. The SMILES string of the molecule is C/C(O)=C\c1c(C)cccc1CC(C)(C)C. The van der Waals surface area contributed by atoms with E-state index in [-0.39, 0.29) is 5.41 Å². The van der Waals surface area contributed by atoms with Crippen molar-refractivity contribution in [1.29, 1.82) is 0 Å². The van der Waals surface area contributed by atoms with Crippen LogP contribution < -0.4 is 0 Å². The van der Waals surface area contributed by atoms with Gasteiger partial charge in [0.2, 0.25) is 0 Å². The molecule has 0 saturated carbocycles. The lowest BCUT2D eigenvalue weighted by atomic mass is 9.85. The Morgan fingerprint density at radius 1 is 1.31 bits per heavy atom. The Morgan fingerprint density at radius 3 is 2.44 bits per heavy atom. The molecule has 0 spiro atoms. The van der Waals surface area contributed by atoms with Crippen molar-refractivity contribution < 1.29 is 5.11 Å². The molecule has 1 aromatic carbocycles. The minimum Gasteiger partial charge on any atom is -0.513 e. The van der Waals surface area contributed by atoms with Gasteiger partial charge in [-0.3, -0.25) is 0 Å². The van der Waals surface area contributed by atoms with Crippen molar-refractivity contribution in [2.45, 2.75) is 41.0 Å². The van der Waals surface area contributed by atoms with Crippen LogP contribution >= 0.6 is 0 Å². The first-order valence-corrected chi connectivity index (χ1v) is 5.75. The smallest absolute Gasteiger partial charge is 0.0897 e. The summed E-state index contributed by atoms with van der Waals surface area (Å²) in [5.41, 5.74) is 3.95. The minimum atomic E-state index is 0.264. The Kier molecular flexibility index (Phi) is 3.79. The van der Waals surface area contributed by atoms with Gasteiger partial charge in [0.1, 0.15) is 0 Å². The first-order chi connectivity index (χ1) is 7.29. The van der Waals surface area contributed by atoms with Crippen LogP contribution in [0.25, 0.3) is 6.08 Å². The van der Waals surface area contributed by atoms with Crippen LogP contribution in [0.3, 0.4) is 0 Å². The molecule has 1 aromatic rings. The van der Waals surface area contributed by atoms with Gasteiger partial charge in [0.05, 0.1) is 5.76 Å². The lowest BCUT2D eigenvalue weighted by Gasteiger charge is -2.20. The Hall–Kier alpha value is -1.24. The van der Waals surface area contributed by atoms with E-state index >= 15 is 0 Å². The zero-order valence-electron chi connectivity index (χ0n) is 11.0. The minimum absolute atomic E-state index is 0.264. The van der Waals surface area contributed by atoms with Crippen molar-refractivity contribution >= 4 is 6.08 Å². The summed E-state index contributed by atoms with van der Waals surface area (Å²) in [5, 5.41) is 9.41. The second-order valence-corrected chi connectivity index (χ2v) is 5.67. The van der Waals surface area contributed by atoms with Crippen LogP contribution in [0.2, 0.25) is 0 Å². The normalized spacial score (nSPS) is 12.9. The topological polar surface area (TPSA) is 20.2 Å². The summed E-state index contributed by atoms with van der Waals surface area (Å²) in [4.78, 5) is 0. The van der Waals surface area contributed by atoms with Gasteiger partial charge in [-0.05, 0) is 48.4 Å². The first kappa shape index (κ1) is 12.8. The molecule has 0 atom stereocenters. The summed E-state index contributed by atoms with van der Waals surface area (Å²) in [6.45, 7) is 10.5. The highest BCUT2D eigenvalue weighted by Gasteiger charge is 2.14. The molecule has 0 bridgehead atoms. The molecule has 0 saturated heterocycles. The van der Waals surface area contributed by atoms with E-state index in [4.69, 9.17) is 0 Å². The van der Waals surface area contributed by atoms with Crippen molar-refractivity contribution in [2.24, 2.45) is 5.41 Å². The summed E-state index contributed by atoms with van der Waals surface area (Å²) < 4.78 is 0. The first-order valence-electron chi connectivity index (χ1n) is 5.75. The van der Waals surface area contributed by atoms with Crippen molar-refractivity contribution in [3.63, 3.8) is 0 Å². The van der Waals surface area contributed by atoms with Gasteiger partial charge in [0, 0.05) is 0 Å². The average molecular weight is 218 g/mol.